The van der Waals surface area contributed by atoms with Gasteiger partial charge in [-0.25, -0.2) is 0 Å². The van der Waals surface area contributed by atoms with E-state index < -0.39 is 82.9 Å². The number of hydrogen-bond donors (Lipinski definition) is 4. The average Bonchev–Trinajstić information content (AvgIpc) is 3.51. The third-order valence-corrected chi connectivity index (χ3v) is 12.1. The number of Topliss-reactive ketones (excluding diaryl/α,β-unsaturated/α-hetero) is 1. The van der Waals surface area contributed by atoms with Crippen LogP contribution in [0.5, 0.6) is 0 Å². The summed E-state index contributed by atoms with van der Waals surface area (Å²) in [4.78, 5) is 39.3. The van der Waals surface area contributed by atoms with Gasteiger partial charge in [0.15, 0.2) is 11.4 Å². The van der Waals surface area contributed by atoms with Crippen LogP contribution in [0.3, 0.4) is 0 Å². The molecule has 4 aliphatic carbocycles. The average molecular weight is 661 g/mol. The van der Waals surface area contributed by atoms with Gasteiger partial charge in [-0.3, -0.25) is 14.4 Å². The van der Waals surface area contributed by atoms with Crippen molar-refractivity contribution in [1.29, 1.82) is 0 Å². The topological polar surface area (TPSA) is 151 Å². The van der Waals surface area contributed by atoms with Gasteiger partial charge in [-0.15, -0.1) is 0 Å². The molecule has 2 fully saturated rings. The summed E-state index contributed by atoms with van der Waals surface area (Å²) in [5.74, 6) is -5.10. The molecule has 0 unspecified atom stereocenters. The lowest BCUT2D eigenvalue weighted by Crippen LogP contribution is -2.66. The van der Waals surface area contributed by atoms with Crippen molar-refractivity contribution in [3.63, 3.8) is 0 Å². The van der Waals surface area contributed by atoms with Gasteiger partial charge in [-0.2, -0.15) is 0 Å². The van der Waals surface area contributed by atoms with Gasteiger partial charge in [0.1, 0.15) is 11.7 Å². The molecule has 0 aliphatic heterocycles. The molecular weight excluding hydrogens is 600 g/mol. The number of ketones is 1. The van der Waals surface area contributed by atoms with E-state index in [2.05, 4.69) is 6.92 Å². The van der Waals surface area contributed by atoms with Gasteiger partial charge in [-0.1, -0.05) is 110 Å². The molecule has 2 saturated carbocycles. The Morgan fingerprint density at radius 1 is 0.915 bits per heavy atom. The summed E-state index contributed by atoms with van der Waals surface area (Å²) in [5.41, 5.74) is -5.65. The first-order valence-electron chi connectivity index (χ1n) is 18.3. The molecule has 0 saturated heterocycles. The number of aliphatic hydroxyl groups excluding tert-OH is 2. The molecule has 47 heavy (non-hydrogen) atoms. The zero-order valence-corrected chi connectivity index (χ0v) is 29.4. The van der Waals surface area contributed by atoms with Gasteiger partial charge in [0.25, 0.3) is 0 Å². The van der Waals surface area contributed by atoms with E-state index in [0.717, 1.165) is 19.3 Å². The standard InChI is InChI=1S/C38H60O9/c1-6-7-8-9-10-11-12-13-14-15-16-17-18-19-31(42)46-34-26(3)37(45)29(32-35(5,24-40)38(32,34)47-27(4)41)21-28(23-39)22-36(44)30(37)20-25(2)33(36)43/h20-21,26,29-30,32,34,39-40,44-45H,6-19,22-24H2,1-5H3/t26-,29+,30-,32-,34-,35-,36-,37-,38-/m1/s1. The molecule has 9 nitrogen and oxygen atoms in total. The number of rotatable bonds is 18. The number of aliphatic hydroxyl groups is 4. The zero-order valence-electron chi connectivity index (χ0n) is 29.4. The van der Waals surface area contributed by atoms with Crippen LogP contribution in [0.15, 0.2) is 23.3 Å². The number of carbonyl (C=O) groups excluding carboxylic acids is 3. The second-order valence-corrected chi connectivity index (χ2v) is 15.3. The summed E-state index contributed by atoms with van der Waals surface area (Å²) >= 11 is 0. The number of hydrogen-bond acceptors (Lipinski definition) is 9. The van der Waals surface area contributed by atoms with Gasteiger partial charge in [0.05, 0.1) is 18.8 Å². The molecule has 0 aromatic carbocycles. The number of esters is 2. The highest BCUT2D eigenvalue weighted by molar-refractivity contribution is 6.04. The molecule has 9 atom stereocenters. The van der Waals surface area contributed by atoms with Gasteiger partial charge in [0, 0.05) is 48.9 Å². The van der Waals surface area contributed by atoms with Crippen molar-refractivity contribution in [3.05, 3.63) is 23.3 Å². The van der Waals surface area contributed by atoms with Crippen LogP contribution in [0, 0.1) is 29.1 Å². The third-order valence-electron chi connectivity index (χ3n) is 12.1. The number of carbonyl (C=O) groups is 3. The highest BCUT2D eigenvalue weighted by Gasteiger charge is 2.89. The predicted molar refractivity (Wildman–Crippen MR) is 178 cm³/mol. The molecule has 0 radical (unpaired) electrons. The lowest BCUT2D eigenvalue weighted by molar-refractivity contribution is -0.228. The Kier molecular flexibility index (Phi) is 12.2. The monoisotopic (exact) mass is 660 g/mol. The fourth-order valence-corrected chi connectivity index (χ4v) is 9.57. The van der Waals surface area contributed by atoms with E-state index in [9.17, 15) is 34.8 Å². The van der Waals surface area contributed by atoms with Crippen molar-refractivity contribution in [3.8, 4) is 0 Å². The molecule has 0 bridgehead atoms. The molecule has 0 aromatic rings. The minimum Gasteiger partial charge on any atom is -0.458 e. The third kappa shape index (κ3) is 6.75. The lowest BCUT2D eigenvalue weighted by Gasteiger charge is -2.53. The van der Waals surface area contributed by atoms with Gasteiger partial charge in [-0.05, 0) is 24.5 Å². The maximum Gasteiger partial charge on any atom is 0.306 e. The molecule has 4 aliphatic rings. The fraction of sp³-hybridized carbons (Fsp3) is 0.816. The summed E-state index contributed by atoms with van der Waals surface area (Å²) < 4.78 is 12.2. The molecule has 0 aromatic heterocycles. The van der Waals surface area contributed by atoms with Gasteiger partial charge < -0.3 is 29.9 Å². The largest absolute Gasteiger partial charge is 0.458 e. The van der Waals surface area contributed by atoms with E-state index in [0.29, 0.717) is 17.6 Å². The van der Waals surface area contributed by atoms with Crippen LogP contribution in [0.1, 0.15) is 131 Å². The first-order valence-corrected chi connectivity index (χ1v) is 18.3. The van der Waals surface area contributed by atoms with Crippen LogP contribution < -0.4 is 0 Å². The minimum absolute atomic E-state index is 0.166. The highest BCUT2D eigenvalue weighted by Crippen LogP contribution is 2.77. The van der Waals surface area contributed by atoms with Crippen LogP contribution in [0.25, 0.3) is 0 Å². The fourth-order valence-electron chi connectivity index (χ4n) is 9.57. The normalized spacial score (nSPS) is 37.2. The number of fused-ring (bicyclic) bond motifs is 5. The lowest BCUT2D eigenvalue weighted by atomic mass is 9.59. The highest BCUT2D eigenvalue weighted by atomic mass is 16.6. The second kappa shape index (κ2) is 15.2. The van der Waals surface area contributed by atoms with Crippen LogP contribution >= 0.6 is 0 Å². The van der Waals surface area contributed by atoms with Crippen molar-refractivity contribution in [2.45, 2.75) is 154 Å². The molecule has 0 amide bonds. The zero-order chi connectivity index (χ0) is 34.6. The minimum atomic E-state index is -1.99. The summed E-state index contributed by atoms with van der Waals surface area (Å²) in [6.07, 6.45) is 17.5. The Morgan fingerprint density at radius 3 is 1.98 bits per heavy atom. The summed E-state index contributed by atoms with van der Waals surface area (Å²) in [6.45, 7) is 7.68. The maximum atomic E-state index is 13.4. The van der Waals surface area contributed by atoms with Crippen LogP contribution in [-0.4, -0.2) is 74.3 Å². The molecule has 4 N–H and O–H groups in total. The van der Waals surface area contributed by atoms with E-state index in [1.54, 1.807) is 32.9 Å². The maximum absolute atomic E-state index is 13.4. The Balaban J connectivity index is 1.46. The Bertz CT molecular complexity index is 1210. The Labute approximate surface area is 281 Å². The quantitative estimate of drug-likeness (QED) is 0.0848. The number of ether oxygens (including phenoxy) is 2. The van der Waals surface area contributed by atoms with Gasteiger partial charge >= 0.3 is 11.9 Å². The summed E-state index contributed by atoms with van der Waals surface area (Å²) in [6, 6.07) is 0. The van der Waals surface area contributed by atoms with Crippen LogP contribution in [0.4, 0.5) is 0 Å². The first-order chi connectivity index (χ1) is 22.3. The molecule has 0 spiro atoms. The Morgan fingerprint density at radius 2 is 1.47 bits per heavy atom. The van der Waals surface area contributed by atoms with E-state index >= 15 is 0 Å². The summed E-state index contributed by atoms with van der Waals surface area (Å²) in [5, 5.41) is 45.6. The van der Waals surface area contributed by atoms with Crippen molar-refractivity contribution < 1.29 is 44.3 Å². The molecule has 4 rings (SSSR count). The van der Waals surface area contributed by atoms with Crippen molar-refractivity contribution >= 4 is 17.7 Å². The SMILES string of the molecule is CCCCCCCCCCCCCCCC(=O)O[C@@H]1[C@@H](C)[C@@]2(O)[C@@H](C=C(CO)C[C@]3(O)C(=O)C(C)=C[C@@H]23)[C@H]2[C@]1(OC(C)=O)[C@]2(C)CO. The van der Waals surface area contributed by atoms with E-state index in [1.807, 2.05) is 0 Å². The Hall–Kier alpha value is -2.07. The summed E-state index contributed by atoms with van der Waals surface area (Å²) in [7, 11) is 0. The van der Waals surface area contributed by atoms with Gasteiger partial charge in [0.2, 0.25) is 0 Å². The van der Waals surface area contributed by atoms with Crippen molar-refractivity contribution in [2.24, 2.45) is 29.1 Å². The molecule has 0 heterocycles. The van der Waals surface area contributed by atoms with E-state index in [1.165, 1.54) is 64.7 Å². The second-order valence-electron chi connectivity index (χ2n) is 15.3. The molecule has 266 valence electrons. The van der Waals surface area contributed by atoms with E-state index in [4.69, 9.17) is 9.47 Å². The van der Waals surface area contributed by atoms with Crippen LogP contribution in [0.2, 0.25) is 0 Å². The van der Waals surface area contributed by atoms with Crippen molar-refractivity contribution in [1.82, 2.24) is 0 Å². The smallest absolute Gasteiger partial charge is 0.306 e. The number of unbranched alkanes of at least 4 members (excludes halogenated alkanes) is 12. The predicted octanol–water partition coefficient (Wildman–Crippen LogP) is 5.51. The van der Waals surface area contributed by atoms with E-state index in [-0.39, 0.29) is 12.8 Å². The first kappa shape index (κ1) is 37.7. The van der Waals surface area contributed by atoms with Crippen molar-refractivity contribution in [2.75, 3.05) is 13.2 Å². The van der Waals surface area contributed by atoms with Crippen LogP contribution in [-0.2, 0) is 23.9 Å². The molecule has 9 heteroatoms. The molecular formula is C38H60O9.